The number of hydrogen-bond acceptors (Lipinski definition) is 4. The van der Waals surface area contributed by atoms with E-state index in [4.69, 9.17) is 26.4 Å². The van der Waals surface area contributed by atoms with Crippen LogP contribution in [-0.4, -0.2) is 19.3 Å². The summed E-state index contributed by atoms with van der Waals surface area (Å²) in [6.45, 7) is 1.70. The number of ether oxygens (including phenoxy) is 3. The van der Waals surface area contributed by atoms with Crippen LogP contribution in [0.1, 0.15) is 6.92 Å². The molecule has 0 aliphatic heterocycles. The second kappa shape index (κ2) is 4.81. The molecule has 0 aliphatic rings. The van der Waals surface area contributed by atoms with Crippen molar-refractivity contribution in [2.45, 2.75) is 6.92 Å². The maximum atomic E-state index is 5.31. The Balaban J connectivity index is 3.01. The zero-order valence-corrected chi connectivity index (χ0v) is 9.18. The highest BCUT2D eigenvalue weighted by Gasteiger charge is 2.06. The Morgan fingerprint density at radius 3 is 2.36 bits per heavy atom. The Bertz CT molecular complexity index is 336. The molecule has 1 aromatic carbocycles. The van der Waals surface area contributed by atoms with Gasteiger partial charge in [0.05, 0.1) is 14.2 Å². The third-order valence-electron chi connectivity index (χ3n) is 1.62. The van der Waals surface area contributed by atoms with E-state index in [0.717, 1.165) is 0 Å². The molecule has 4 heteroatoms. The summed E-state index contributed by atoms with van der Waals surface area (Å²) < 4.78 is 15.5. The van der Waals surface area contributed by atoms with Crippen LogP contribution in [0.15, 0.2) is 18.2 Å². The van der Waals surface area contributed by atoms with Gasteiger partial charge in [0.25, 0.3) is 0 Å². The van der Waals surface area contributed by atoms with E-state index >= 15 is 0 Å². The van der Waals surface area contributed by atoms with Crippen molar-refractivity contribution < 1.29 is 14.2 Å². The van der Waals surface area contributed by atoms with E-state index in [1.165, 1.54) is 0 Å². The molecule has 0 bridgehead atoms. The first-order chi connectivity index (χ1) is 6.67. The summed E-state index contributed by atoms with van der Waals surface area (Å²) >= 11 is 4.85. The van der Waals surface area contributed by atoms with Gasteiger partial charge in [-0.1, -0.05) is 0 Å². The molecule has 14 heavy (non-hydrogen) atoms. The fourth-order valence-electron chi connectivity index (χ4n) is 1.02. The molecule has 0 spiro atoms. The predicted molar refractivity (Wildman–Crippen MR) is 58.4 cm³/mol. The molecule has 0 saturated heterocycles. The summed E-state index contributed by atoms with van der Waals surface area (Å²) in [6, 6.07) is 5.30. The zero-order chi connectivity index (χ0) is 10.6. The van der Waals surface area contributed by atoms with Crippen LogP contribution in [-0.2, 0) is 0 Å². The van der Waals surface area contributed by atoms with Crippen molar-refractivity contribution in [3.63, 3.8) is 0 Å². The molecule has 0 aliphatic carbocycles. The molecular weight excluding hydrogens is 200 g/mol. The lowest BCUT2D eigenvalue weighted by atomic mass is 10.3. The average Bonchev–Trinajstić information content (AvgIpc) is 2.16. The number of hydrogen-bond donors (Lipinski definition) is 0. The summed E-state index contributed by atoms with van der Waals surface area (Å²) in [5, 5.41) is 0.441. The van der Waals surface area contributed by atoms with Crippen LogP contribution < -0.4 is 14.2 Å². The van der Waals surface area contributed by atoms with Gasteiger partial charge in [0.1, 0.15) is 5.75 Å². The Labute approximate surface area is 88.6 Å². The normalized spacial score (nSPS) is 9.36. The number of benzene rings is 1. The molecule has 0 amide bonds. The van der Waals surface area contributed by atoms with Crippen molar-refractivity contribution >= 4 is 17.3 Å². The van der Waals surface area contributed by atoms with Crippen molar-refractivity contribution in [3.8, 4) is 17.2 Å². The molecular formula is C10H12O3S. The monoisotopic (exact) mass is 212 g/mol. The molecule has 1 aromatic rings. The van der Waals surface area contributed by atoms with Crippen LogP contribution in [0, 0.1) is 0 Å². The largest absolute Gasteiger partial charge is 0.497 e. The van der Waals surface area contributed by atoms with E-state index in [2.05, 4.69) is 0 Å². The van der Waals surface area contributed by atoms with Gasteiger partial charge in [0, 0.05) is 13.0 Å². The van der Waals surface area contributed by atoms with Gasteiger partial charge < -0.3 is 14.2 Å². The lowest BCUT2D eigenvalue weighted by molar-refractivity contribution is 0.383. The van der Waals surface area contributed by atoms with E-state index in [0.29, 0.717) is 22.3 Å². The zero-order valence-electron chi connectivity index (χ0n) is 8.37. The van der Waals surface area contributed by atoms with E-state index in [1.54, 1.807) is 39.3 Å². The van der Waals surface area contributed by atoms with Gasteiger partial charge in [-0.15, -0.1) is 0 Å². The molecule has 1 rings (SSSR count). The van der Waals surface area contributed by atoms with Crippen LogP contribution in [0.3, 0.4) is 0 Å². The van der Waals surface area contributed by atoms with Gasteiger partial charge in [0.2, 0.25) is 0 Å². The fraction of sp³-hybridized carbons (Fsp3) is 0.300. The Hall–Kier alpha value is -1.29. The highest BCUT2D eigenvalue weighted by molar-refractivity contribution is 7.80. The first-order valence-electron chi connectivity index (χ1n) is 4.08. The van der Waals surface area contributed by atoms with E-state index in [9.17, 15) is 0 Å². The van der Waals surface area contributed by atoms with Crippen molar-refractivity contribution in [1.82, 2.24) is 0 Å². The van der Waals surface area contributed by atoms with Crippen molar-refractivity contribution in [2.24, 2.45) is 0 Å². The second-order valence-electron chi connectivity index (χ2n) is 2.61. The minimum Gasteiger partial charge on any atom is -0.497 e. The Kier molecular flexibility index (Phi) is 3.71. The molecule has 0 saturated carbocycles. The molecule has 0 N–H and O–H groups in total. The summed E-state index contributed by atoms with van der Waals surface area (Å²) in [7, 11) is 3.17. The van der Waals surface area contributed by atoms with Gasteiger partial charge in [0.15, 0.2) is 16.5 Å². The third kappa shape index (κ3) is 2.60. The summed E-state index contributed by atoms with van der Waals surface area (Å²) in [5.41, 5.74) is 0. The number of methoxy groups -OCH3 is 2. The Morgan fingerprint density at radius 2 is 1.86 bits per heavy atom. The maximum Gasteiger partial charge on any atom is 0.173 e. The minimum atomic E-state index is 0.441. The first-order valence-corrected chi connectivity index (χ1v) is 4.48. The lowest BCUT2D eigenvalue weighted by Gasteiger charge is -2.10. The van der Waals surface area contributed by atoms with Crippen molar-refractivity contribution in [2.75, 3.05) is 14.2 Å². The van der Waals surface area contributed by atoms with E-state index < -0.39 is 0 Å². The minimum absolute atomic E-state index is 0.441. The van der Waals surface area contributed by atoms with E-state index in [-0.39, 0.29) is 0 Å². The molecule has 0 aromatic heterocycles. The SMILES string of the molecule is COc1ccc(OC)c(OC(C)=S)c1. The summed E-state index contributed by atoms with van der Waals surface area (Å²) in [6.07, 6.45) is 0. The standard InChI is InChI=1S/C10H12O3S/c1-7(14)13-10-6-8(11-2)4-5-9(10)12-3/h4-6H,1-3H3. The molecule has 0 heterocycles. The van der Waals surface area contributed by atoms with Gasteiger partial charge in [-0.25, -0.2) is 0 Å². The van der Waals surface area contributed by atoms with E-state index in [1.807, 2.05) is 0 Å². The fourth-order valence-corrected chi connectivity index (χ4v) is 1.11. The first kappa shape index (κ1) is 10.8. The Morgan fingerprint density at radius 1 is 1.14 bits per heavy atom. The number of rotatable bonds is 3. The summed E-state index contributed by atoms with van der Waals surface area (Å²) in [5.74, 6) is 1.91. The van der Waals surface area contributed by atoms with Crippen molar-refractivity contribution in [1.29, 1.82) is 0 Å². The topological polar surface area (TPSA) is 27.7 Å². The molecule has 3 nitrogen and oxygen atoms in total. The molecule has 0 atom stereocenters. The molecule has 76 valence electrons. The van der Waals surface area contributed by atoms with Crippen LogP contribution in [0.4, 0.5) is 0 Å². The molecule has 0 fully saturated rings. The van der Waals surface area contributed by atoms with Gasteiger partial charge in [-0.2, -0.15) is 0 Å². The van der Waals surface area contributed by atoms with Crippen LogP contribution in [0.25, 0.3) is 0 Å². The van der Waals surface area contributed by atoms with Crippen molar-refractivity contribution in [3.05, 3.63) is 18.2 Å². The highest BCUT2D eigenvalue weighted by atomic mass is 32.1. The van der Waals surface area contributed by atoms with Gasteiger partial charge in [-0.3, -0.25) is 0 Å². The highest BCUT2D eigenvalue weighted by Crippen LogP contribution is 2.31. The van der Waals surface area contributed by atoms with Crippen LogP contribution in [0.5, 0.6) is 17.2 Å². The quantitative estimate of drug-likeness (QED) is 0.719. The van der Waals surface area contributed by atoms with Gasteiger partial charge >= 0.3 is 0 Å². The number of thiocarbonyl (C=S) groups is 1. The predicted octanol–water partition coefficient (Wildman–Crippen LogP) is 2.43. The van der Waals surface area contributed by atoms with Crippen LogP contribution in [0.2, 0.25) is 0 Å². The van der Waals surface area contributed by atoms with Gasteiger partial charge in [-0.05, 0) is 24.4 Å². The summed E-state index contributed by atoms with van der Waals surface area (Å²) in [4.78, 5) is 0. The van der Waals surface area contributed by atoms with Crippen LogP contribution >= 0.6 is 12.2 Å². The molecule has 0 radical (unpaired) electrons. The third-order valence-corrected chi connectivity index (χ3v) is 1.71. The maximum absolute atomic E-state index is 5.31. The molecule has 0 unspecified atom stereocenters. The lowest BCUT2D eigenvalue weighted by Crippen LogP contribution is -2.01. The smallest absolute Gasteiger partial charge is 0.173 e. The average molecular weight is 212 g/mol. The second-order valence-corrected chi connectivity index (χ2v) is 3.19.